The van der Waals surface area contributed by atoms with Crippen molar-refractivity contribution in [3.63, 3.8) is 0 Å². The zero-order valence-electron chi connectivity index (χ0n) is 10.5. The van der Waals surface area contributed by atoms with Crippen LogP contribution in [0.4, 0.5) is 13.2 Å². The number of rotatable bonds is 4. The van der Waals surface area contributed by atoms with Crippen LogP contribution < -0.4 is 10.4 Å². The third-order valence-corrected chi connectivity index (χ3v) is 5.63. The van der Waals surface area contributed by atoms with Gasteiger partial charge in [0.25, 0.3) is 0 Å². The van der Waals surface area contributed by atoms with E-state index in [1.807, 2.05) is 0 Å². The van der Waals surface area contributed by atoms with Crippen LogP contribution in [-0.2, 0) is 4.79 Å². The Kier molecular flexibility index (Phi) is 4.39. The van der Waals surface area contributed by atoms with E-state index in [9.17, 15) is 18.0 Å². The van der Waals surface area contributed by atoms with Crippen LogP contribution >= 0.6 is 0 Å². The number of hydrogen-bond acceptors (Lipinski definition) is 1. The van der Waals surface area contributed by atoms with E-state index in [0.717, 1.165) is 10.4 Å². The van der Waals surface area contributed by atoms with E-state index in [4.69, 9.17) is 0 Å². The molecule has 0 aliphatic rings. The molecule has 0 aromatic heterocycles. The number of benzene rings is 2. The van der Waals surface area contributed by atoms with Crippen molar-refractivity contribution in [1.82, 2.24) is 0 Å². The van der Waals surface area contributed by atoms with Gasteiger partial charge in [-0.05, 0) is 0 Å². The van der Waals surface area contributed by atoms with Crippen molar-refractivity contribution in [2.24, 2.45) is 0 Å². The van der Waals surface area contributed by atoms with Gasteiger partial charge < -0.3 is 0 Å². The third-order valence-electron chi connectivity index (χ3n) is 2.90. The Hall–Kier alpha value is -1.88. The molecule has 2 aromatic rings. The molecule has 1 nitrogen and oxygen atoms in total. The van der Waals surface area contributed by atoms with E-state index in [1.165, 1.54) is 0 Å². The number of carbonyl (C=O) groups excluding carboxylic acids is 1. The molecule has 2 rings (SSSR count). The second-order valence-corrected chi connectivity index (χ2v) is 6.77. The minimum absolute atomic E-state index is 0.470. The van der Waals surface area contributed by atoms with E-state index < -0.39 is 26.8 Å². The molecular formula is C15H12F3OSi. The van der Waals surface area contributed by atoms with Crippen molar-refractivity contribution in [3.05, 3.63) is 60.7 Å². The number of Topliss-reactive ketones (excluding diaryl/α,β-unsaturated/α-hetero) is 1. The van der Waals surface area contributed by atoms with Crippen LogP contribution in [0, 0.1) is 0 Å². The summed E-state index contributed by atoms with van der Waals surface area (Å²) in [5.41, 5.74) is 0. The van der Waals surface area contributed by atoms with E-state index >= 15 is 0 Å². The molecule has 2 aromatic carbocycles. The number of carbonyl (C=O) groups is 1. The van der Waals surface area contributed by atoms with E-state index in [-0.39, 0.29) is 0 Å². The molecule has 0 unspecified atom stereocenters. The molecule has 1 radical (unpaired) electrons. The smallest absolute Gasteiger partial charge is 0.290 e. The quantitative estimate of drug-likeness (QED) is 0.791. The van der Waals surface area contributed by atoms with Gasteiger partial charge in [0.05, 0.1) is 0 Å². The van der Waals surface area contributed by atoms with Crippen molar-refractivity contribution in [1.29, 1.82) is 0 Å². The number of hydrogen-bond donors (Lipinski definition) is 0. The lowest BCUT2D eigenvalue weighted by Gasteiger charge is -2.16. The predicted octanol–water partition coefficient (Wildman–Crippen LogP) is 2.43. The van der Waals surface area contributed by atoms with Gasteiger partial charge in [0, 0.05) is 6.04 Å². The van der Waals surface area contributed by atoms with Crippen molar-refractivity contribution >= 4 is 25.0 Å². The molecular weight excluding hydrogens is 281 g/mol. The SMILES string of the molecule is O=C(C[Si](c1ccccc1)c1ccccc1)C(F)(F)F. The fraction of sp³-hybridized carbons (Fsp3) is 0.133. The van der Waals surface area contributed by atoms with Crippen molar-refractivity contribution in [3.8, 4) is 0 Å². The second kappa shape index (κ2) is 6.05. The summed E-state index contributed by atoms with van der Waals surface area (Å²) >= 11 is 0. The highest BCUT2D eigenvalue weighted by atomic mass is 28.3. The maximum Gasteiger partial charge on any atom is 0.449 e. The minimum Gasteiger partial charge on any atom is -0.290 e. The molecule has 0 aliphatic carbocycles. The van der Waals surface area contributed by atoms with E-state index in [0.29, 0.717) is 0 Å². The molecule has 0 fully saturated rings. The average molecular weight is 293 g/mol. The highest BCUT2D eigenvalue weighted by molar-refractivity contribution is 6.87. The van der Waals surface area contributed by atoms with Gasteiger partial charge in [0.15, 0.2) is 0 Å². The van der Waals surface area contributed by atoms with Crippen LogP contribution in [0.2, 0.25) is 6.04 Å². The molecule has 0 N–H and O–H groups in total. The monoisotopic (exact) mass is 293 g/mol. The molecule has 0 amide bonds. The van der Waals surface area contributed by atoms with E-state index in [1.54, 1.807) is 60.7 Å². The van der Waals surface area contributed by atoms with Crippen LogP contribution in [0.15, 0.2) is 60.7 Å². The van der Waals surface area contributed by atoms with Crippen molar-refractivity contribution in [2.45, 2.75) is 12.2 Å². The van der Waals surface area contributed by atoms with Gasteiger partial charge in [0.2, 0.25) is 5.78 Å². The fourth-order valence-electron chi connectivity index (χ4n) is 1.91. The van der Waals surface area contributed by atoms with Crippen LogP contribution in [0.3, 0.4) is 0 Å². The first-order chi connectivity index (χ1) is 9.48. The standard InChI is InChI=1S/C15H12F3OSi/c16-15(17,18)14(19)11-20(12-7-3-1-4-8-12)13-9-5-2-6-10-13/h1-10H,11H2. The van der Waals surface area contributed by atoms with Crippen LogP contribution in [0.25, 0.3) is 0 Å². The fourth-order valence-corrected chi connectivity index (χ4v) is 4.36. The third kappa shape index (κ3) is 3.57. The lowest BCUT2D eigenvalue weighted by atomic mass is 10.4. The molecule has 103 valence electrons. The number of ketones is 1. The van der Waals surface area contributed by atoms with Crippen molar-refractivity contribution < 1.29 is 18.0 Å². The van der Waals surface area contributed by atoms with Gasteiger partial charge >= 0.3 is 6.18 Å². The Bertz CT molecular complexity index is 527. The van der Waals surface area contributed by atoms with Crippen LogP contribution in [-0.4, -0.2) is 20.8 Å². The minimum atomic E-state index is -4.76. The second-order valence-electron chi connectivity index (χ2n) is 4.31. The lowest BCUT2D eigenvalue weighted by Crippen LogP contribution is -2.45. The van der Waals surface area contributed by atoms with Gasteiger partial charge in [-0.1, -0.05) is 71.0 Å². The Balaban J connectivity index is 2.34. The average Bonchev–Trinajstić information content (AvgIpc) is 2.45. The summed E-state index contributed by atoms with van der Waals surface area (Å²) in [6.45, 7) is 0. The highest BCUT2D eigenvalue weighted by Crippen LogP contribution is 2.19. The first-order valence-electron chi connectivity index (χ1n) is 6.05. The van der Waals surface area contributed by atoms with Gasteiger partial charge in [-0.25, -0.2) is 0 Å². The first-order valence-corrected chi connectivity index (χ1v) is 7.76. The van der Waals surface area contributed by atoms with Gasteiger partial charge in [-0.3, -0.25) is 4.79 Å². The Morgan fingerprint density at radius 3 is 1.60 bits per heavy atom. The Morgan fingerprint density at radius 2 is 1.25 bits per heavy atom. The molecule has 0 saturated heterocycles. The van der Waals surface area contributed by atoms with Crippen LogP contribution in [0.5, 0.6) is 0 Å². The lowest BCUT2D eigenvalue weighted by molar-refractivity contribution is -0.168. The molecule has 20 heavy (non-hydrogen) atoms. The maximum absolute atomic E-state index is 12.5. The highest BCUT2D eigenvalue weighted by Gasteiger charge is 2.40. The summed E-state index contributed by atoms with van der Waals surface area (Å²) in [7, 11) is -1.75. The maximum atomic E-state index is 12.5. The molecule has 5 heteroatoms. The summed E-state index contributed by atoms with van der Waals surface area (Å²) in [5, 5.41) is 1.61. The first kappa shape index (κ1) is 14.5. The Labute approximate surface area is 116 Å². The molecule has 0 spiro atoms. The van der Waals surface area contributed by atoms with Crippen molar-refractivity contribution in [2.75, 3.05) is 0 Å². The summed E-state index contributed by atoms with van der Waals surface area (Å²) < 4.78 is 37.5. The summed E-state index contributed by atoms with van der Waals surface area (Å²) in [6.07, 6.45) is -4.76. The molecule has 0 heterocycles. The predicted molar refractivity (Wildman–Crippen MR) is 73.8 cm³/mol. The number of halogens is 3. The Morgan fingerprint density at radius 1 is 0.850 bits per heavy atom. The number of alkyl halides is 3. The molecule has 0 atom stereocenters. The van der Waals surface area contributed by atoms with Crippen LogP contribution in [0.1, 0.15) is 0 Å². The summed E-state index contributed by atoms with van der Waals surface area (Å²) in [5.74, 6) is -1.65. The summed E-state index contributed by atoms with van der Waals surface area (Å²) in [6, 6.07) is 17.4. The van der Waals surface area contributed by atoms with Gasteiger partial charge in [0.1, 0.15) is 8.80 Å². The van der Waals surface area contributed by atoms with E-state index in [2.05, 4.69) is 0 Å². The zero-order chi connectivity index (χ0) is 14.6. The van der Waals surface area contributed by atoms with Gasteiger partial charge in [-0.2, -0.15) is 13.2 Å². The zero-order valence-corrected chi connectivity index (χ0v) is 11.5. The molecule has 0 bridgehead atoms. The molecule has 0 saturated carbocycles. The normalized spacial score (nSPS) is 11.6. The van der Waals surface area contributed by atoms with Gasteiger partial charge in [-0.15, -0.1) is 0 Å². The topological polar surface area (TPSA) is 17.1 Å². The largest absolute Gasteiger partial charge is 0.449 e. The molecule has 0 aliphatic heterocycles. The summed E-state index contributed by atoms with van der Waals surface area (Å²) in [4.78, 5) is 11.3.